The van der Waals surface area contributed by atoms with E-state index in [2.05, 4.69) is 0 Å². The van der Waals surface area contributed by atoms with Crippen LogP contribution in [0.15, 0.2) is 24.3 Å². The van der Waals surface area contributed by atoms with Gasteiger partial charge in [0, 0.05) is 19.6 Å². The number of hydrogen-bond acceptors (Lipinski definition) is 2. The van der Waals surface area contributed by atoms with Crippen molar-refractivity contribution in [1.82, 2.24) is 4.90 Å². The van der Waals surface area contributed by atoms with E-state index < -0.39 is 18.1 Å². The predicted octanol–water partition coefficient (Wildman–Crippen LogP) is 2.21. The minimum absolute atomic E-state index is 0.161. The van der Waals surface area contributed by atoms with E-state index in [1.165, 1.54) is 18.1 Å². The first-order chi connectivity index (χ1) is 7.96. The van der Waals surface area contributed by atoms with Gasteiger partial charge in [-0.25, -0.2) is 4.39 Å². The van der Waals surface area contributed by atoms with Crippen molar-refractivity contribution in [3.63, 3.8) is 0 Å². The van der Waals surface area contributed by atoms with Crippen molar-refractivity contribution in [1.29, 1.82) is 0 Å². The molecule has 0 aromatic heterocycles. The second kappa shape index (κ2) is 4.45. The van der Waals surface area contributed by atoms with Crippen molar-refractivity contribution in [2.75, 3.05) is 6.54 Å². The van der Waals surface area contributed by atoms with Crippen molar-refractivity contribution < 1.29 is 14.3 Å². The van der Waals surface area contributed by atoms with E-state index >= 15 is 0 Å². The summed E-state index contributed by atoms with van der Waals surface area (Å²) in [6.07, 6.45) is -0.445. The van der Waals surface area contributed by atoms with E-state index in [-0.39, 0.29) is 6.54 Å². The highest BCUT2D eigenvalue weighted by molar-refractivity contribution is 5.68. The van der Waals surface area contributed by atoms with Crippen LogP contribution in [0.3, 0.4) is 0 Å². The molecular formula is C13H16FNO2. The van der Waals surface area contributed by atoms with Crippen LogP contribution in [0.4, 0.5) is 4.39 Å². The third kappa shape index (κ3) is 3.03. The summed E-state index contributed by atoms with van der Waals surface area (Å²) in [7, 11) is 0. The summed E-state index contributed by atoms with van der Waals surface area (Å²) in [5.74, 6) is -1.09. The van der Waals surface area contributed by atoms with Crippen LogP contribution in [0.5, 0.6) is 0 Å². The molecule has 0 bridgehead atoms. The van der Waals surface area contributed by atoms with Crippen molar-refractivity contribution in [2.45, 2.75) is 32.1 Å². The third-order valence-corrected chi connectivity index (χ3v) is 2.98. The summed E-state index contributed by atoms with van der Waals surface area (Å²) < 4.78 is 14.0. The molecule has 0 spiro atoms. The van der Waals surface area contributed by atoms with Gasteiger partial charge in [0.05, 0.1) is 6.42 Å². The first kappa shape index (κ1) is 12.0. The van der Waals surface area contributed by atoms with Crippen LogP contribution in [-0.4, -0.2) is 28.2 Å². The van der Waals surface area contributed by atoms with Crippen LogP contribution in [0.2, 0.25) is 0 Å². The fraction of sp³-hybridized carbons (Fsp3) is 0.462. The van der Waals surface area contributed by atoms with E-state index in [1.54, 1.807) is 0 Å². The van der Waals surface area contributed by atoms with Gasteiger partial charge in [0.1, 0.15) is 5.67 Å². The average Bonchev–Trinajstić information content (AvgIpc) is 2.55. The van der Waals surface area contributed by atoms with Gasteiger partial charge in [-0.2, -0.15) is 0 Å². The van der Waals surface area contributed by atoms with Crippen molar-refractivity contribution in [3.8, 4) is 0 Å². The van der Waals surface area contributed by atoms with Crippen LogP contribution in [-0.2, 0) is 17.9 Å². The molecule has 0 fully saturated rings. The van der Waals surface area contributed by atoms with Crippen molar-refractivity contribution in [3.05, 3.63) is 35.4 Å². The van der Waals surface area contributed by atoms with Crippen LogP contribution < -0.4 is 0 Å². The molecule has 1 unspecified atom stereocenters. The summed E-state index contributed by atoms with van der Waals surface area (Å²) in [6, 6.07) is 7.99. The van der Waals surface area contributed by atoms with Crippen molar-refractivity contribution >= 4 is 5.97 Å². The van der Waals surface area contributed by atoms with Crippen LogP contribution in [0.25, 0.3) is 0 Å². The first-order valence-corrected chi connectivity index (χ1v) is 5.66. The Morgan fingerprint density at radius 3 is 2.41 bits per heavy atom. The van der Waals surface area contributed by atoms with E-state index in [4.69, 9.17) is 5.11 Å². The van der Waals surface area contributed by atoms with Gasteiger partial charge in [0.2, 0.25) is 0 Å². The first-order valence-electron chi connectivity index (χ1n) is 5.66. The van der Waals surface area contributed by atoms with Gasteiger partial charge in [-0.05, 0) is 18.1 Å². The fourth-order valence-corrected chi connectivity index (χ4v) is 2.35. The summed E-state index contributed by atoms with van der Waals surface area (Å²) in [4.78, 5) is 12.5. The summed E-state index contributed by atoms with van der Waals surface area (Å²) in [5.41, 5.74) is 0.741. The van der Waals surface area contributed by atoms with Gasteiger partial charge in [-0.15, -0.1) is 0 Å². The number of carboxylic acids is 1. The molecule has 0 radical (unpaired) electrons. The number of aliphatic carboxylic acids is 1. The second-order valence-corrected chi connectivity index (χ2v) is 4.90. The zero-order valence-corrected chi connectivity index (χ0v) is 9.82. The molecular weight excluding hydrogens is 221 g/mol. The molecule has 1 atom stereocenters. The number of benzene rings is 1. The maximum atomic E-state index is 14.0. The van der Waals surface area contributed by atoms with Gasteiger partial charge in [-0.3, -0.25) is 9.69 Å². The Bertz CT molecular complexity index is 406. The van der Waals surface area contributed by atoms with E-state index in [0.717, 1.165) is 0 Å². The number of nitrogens with zero attached hydrogens (tertiary/aromatic N) is 1. The maximum absolute atomic E-state index is 14.0. The number of rotatable bonds is 4. The van der Waals surface area contributed by atoms with Gasteiger partial charge >= 0.3 is 5.97 Å². The molecule has 0 aliphatic carbocycles. The highest BCUT2D eigenvalue weighted by atomic mass is 19.1. The zero-order chi connectivity index (χ0) is 12.5. The molecule has 92 valence electrons. The lowest BCUT2D eigenvalue weighted by Gasteiger charge is -2.24. The topological polar surface area (TPSA) is 40.5 Å². The van der Waals surface area contributed by atoms with Gasteiger partial charge in [0.25, 0.3) is 0 Å². The lowest BCUT2D eigenvalue weighted by Crippen LogP contribution is -2.36. The number of carbonyl (C=O) groups is 1. The molecule has 1 aromatic carbocycles. The van der Waals surface area contributed by atoms with Crippen LogP contribution in [0, 0.1) is 0 Å². The quantitative estimate of drug-likeness (QED) is 0.872. The Balaban J connectivity index is 1.98. The minimum Gasteiger partial charge on any atom is -0.481 e. The molecule has 1 N–H and O–H groups in total. The van der Waals surface area contributed by atoms with E-state index in [9.17, 15) is 9.18 Å². The standard InChI is InChI=1S/C13H16FNO2/c1-13(14,6-12(16)17)9-15-7-10-4-2-3-5-11(10)8-15/h2-5H,6-9H2,1H3,(H,16,17). The Hall–Kier alpha value is -1.42. The number of carboxylic acid groups (broad SMARTS) is 1. The highest BCUT2D eigenvalue weighted by Gasteiger charge is 2.31. The molecule has 1 aliphatic rings. The lowest BCUT2D eigenvalue weighted by atomic mass is 10.0. The van der Waals surface area contributed by atoms with Crippen molar-refractivity contribution in [2.24, 2.45) is 0 Å². The zero-order valence-electron chi connectivity index (χ0n) is 9.82. The Labute approximate surface area is 99.9 Å². The normalized spacial score (nSPS) is 18.7. The molecule has 1 heterocycles. The van der Waals surface area contributed by atoms with E-state index in [0.29, 0.717) is 13.1 Å². The van der Waals surface area contributed by atoms with Gasteiger partial charge < -0.3 is 5.11 Å². The van der Waals surface area contributed by atoms with E-state index in [1.807, 2.05) is 29.2 Å². The average molecular weight is 237 g/mol. The molecule has 2 rings (SSSR count). The molecule has 17 heavy (non-hydrogen) atoms. The second-order valence-electron chi connectivity index (χ2n) is 4.90. The Morgan fingerprint density at radius 2 is 1.94 bits per heavy atom. The van der Waals surface area contributed by atoms with Gasteiger partial charge in [0.15, 0.2) is 0 Å². The van der Waals surface area contributed by atoms with Crippen LogP contribution >= 0.6 is 0 Å². The van der Waals surface area contributed by atoms with Gasteiger partial charge in [-0.1, -0.05) is 24.3 Å². The fourth-order valence-electron chi connectivity index (χ4n) is 2.35. The summed E-state index contributed by atoms with van der Waals surface area (Å²) >= 11 is 0. The predicted molar refractivity (Wildman–Crippen MR) is 62.3 cm³/mol. The lowest BCUT2D eigenvalue weighted by molar-refractivity contribution is -0.140. The molecule has 0 amide bonds. The largest absolute Gasteiger partial charge is 0.481 e. The van der Waals surface area contributed by atoms with Crippen LogP contribution in [0.1, 0.15) is 24.5 Å². The molecule has 4 heteroatoms. The molecule has 3 nitrogen and oxygen atoms in total. The monoisotopic (exact) mass is 237 g/mol. The number of fused-ring (bicyclic) bond motifs is 1. The maximum Gasteiger partial charge on any atom is 0.306 e. The highest BCUT2D eigenvalue weighted by Crippen LogP contribution is 2.26. The molecule has 1 aromatic rings. The SMILES string of the molecule is CC(F)(CC(=O)O)CN1Cc2ccccc2C1. The molecule has 0 saturated carbocycles. The Morgan fingerprint density at radius 1 is 1.41 bits per heavy atom. The number of halogens is 1. The number of hydrogen-bond donors (Lipinski definition) is 1. The third-order valence-electron chi connectivity index (χ3n) is 2.98. The smallest absolute Gasteiger partial charge is 0.306 e. The molecule has 1 aliphatic heterocycles. The summed E-state index contributed by atoms with van der Waals surface area (Å²) in [5, 5.41) is 8.64. The molecule has 0 saturated heterocycles. The minimum atomic E-state index is -1.67. The number of alkyl halides is 1. The Kier molecular flexibility index (Phi) is 3.15. The summed E-state index contributed by atoms with van der Waals surface area (Å²) in [6.45, 7) is 2.92.